The van der Waals surface area contributed by atoms with E-state index in [0.717, 1.165) is 34.7 Å². The number of fused-ring (bicyclic) bond motifs is 1. The summed E-state index contributed by atoms with van der Waals surface area (Å²) in [5.74, 6) is 0.562. The number of hydrogen-bond acceptors (Lipinski definition) is 5. The summed E-state index contributed by atoms with van der Waals surface area (Å²) >= 11 is 7.71. The molecular weight excluding hydrogens is 292 g/mol. The third kappa shape index (κ3) is 2.18. The molecule has 1 aromatic heterocycles. The molecule has 0 saturated carbocycles. The first-order valence-electron chi connectivity index (χ1n) is 6.98. The van der Waals surface area contributed by atoms with E-state index in [1.807, 2.05) is 19.2 Å². The first kappa shape index (κ1) is 14.0. The van der Waals surface area contributed by atoms with E-state index in [9.17, 15) is 0 Å². The second-order valence-electron chi connectivity index (χ2n) is 5.50. The standard InChI is InChI=1S/C14H19ClN4S/c1-8-9(2)19(7-6-11(8)16-3)14-10(15)4-5-12-13(14)18-20-17-12/h4-5,8-9,11,16H,6-7H2,1-3H3. The molecule has 2 aromatic rings. The summed E-state index contributed by atoms with van der Waals surface area (Å²) in [6.07, 6.45) is 1.12. The van der Waals surface area contributed by atoms with Gasteiger partial charge in [-0.3, -0.25) is 0 Å². The number of hydrogen-bond donors (Lipinski definition) is 1. The van der Waals surface area contributed by atoms with Crippen LogP contribution in [0.25, 0.3) is 11.0 Å². The Balaban J connectivity index is 2.03. The number of aromatic nitrogens is 2. The molecule has 6 heteroatoms. The summed E-state index contributed by atoms with van der Waals surface area (Å²) in [4.78, 5) is 2.39. The molecule has 0 aliphatic carbocycles. The van der Waals surface area contributed by atoms with Crippen LogP contribution in [0.1, 0.15) is 20.3 Å². The molecule has 4 nitrogen and oxygen atoms in total. The minimum absolute atomic E-state index is 0.422. The van der Waals surface area contributed by atoms with Crippen molar-refractivity contribution in [2.45, 2.75) is 32.4 Å². The number of nitrogens with zero attached hydrogens (tertiary/aromatic N) is 3. The second kappa shape index (κ2) is 5.47. The maximum absolute atomic E-state index is 6.46. The maximum Gasteiger partial charge on any atom is 0.129 e. The zero-order chi connectivity index (χ0) is 14.3. The van der Waals surface area contributed by atoms with Gasteiger partial charge in [0.15, 0.2) is 0 Å². The summed E-state index contributed by atoms with van der Waals surface area (Å²) < 4.78 is 8.77. The average molecular weight is 311 g/mol. The highest BCUT2D eigenvalue weighted by Gasteiger charge is 2.33. The number of rotatable bonds is 2. The van der Waals surface area contributed by atoms with Crippen LogP contribution in [0.5, 0.6) is 0 Å². The van der Waals surface area contributed by atoms with E-state index in [4.69, 9.17) is 11.6 Å². The Bertz CT molecular complexity index is 614. The molecule has 0 radical (unpaired) electrons. The highest BCUT2D eigenvalue weighted by atomic mass is 35.5. The van der Waals surface area contributed by atoms with E-state index in [1.54, 1.807) is 0 Å². The van der Waals surface area contributed by atoms with E-state index in [2.05, 4.69) is 32.8 Å². The molecule has 1 saturated heterocycles. The normalized spacial score (nSPS) is 27.2. The fraction of sp³-hybridized carbons (Fsp3) is 0.571. The molecular formula is C14H19ClN4S. The Hall–Kier alpha value is -0.910. The van der Waals surface area contributed by atoms with Crippen molar-refractivity contribution >= 4 is 40.0 Å². The van der Waals surface area contributed by atoms with Crippen LogP contribution in [0.3, 0.4) is 0 Å². The molecule has 20 heavy (non-hydrogen) atoms. The lowest BCUT2D eigenvalue weighted by molar-refractivity contribution is 0.283. The first-order valence-corrected chi connectivity index (χ1v) is 8.09. The lowest BCUT2D eigenvalue weighted by Crippen LogP contribution is -2.52. The number of halogens is 1. The van der Waals surface area contributed by atoms with Crippen molar-refractivity contribution in [2.75, 3.05) is 18.5 Å². The van der Waals surface area contributed by atoms with Gasteiger partial charge in [0.2, 0.25) is 0 Å². The zero-order valence-corrected chi connectivity index (χ0v) is 13.5. The highest BCUT2D eigenvalue weighted by Crippen LogP contribution is 2.38. The van der Waals surface area contributed by atoms with Gasteiger partial charge < -0.3 is 10.2 Å². The predicted molar refractivity (Wildman–Crippen MR) is 85.9 cm³/mol. The highest BCUT2D eigenvalue weighted by molar-refractivity contribution is 7.00. The quantitative estimate of drug-likeness (QED) is 0.925. The van der Waals surface area contributed by atoms with E-state index >= 15 is 0 Å². The SMILES string of the molecule is CNC1CCN(c2c(Cl)ccc3nsnc23)C(C)C1C. The van der Waals surface area contributed by atoms with Crippen molar-refractivity contribution in [1.82, 2.24) is 14.1 Å². The first-order chi connectivity index (χ1) is 9.63. The van der Waals surface area contributed by atoms with Gasteiger partial charge >= 0.3 is 0 Å². The minimum atomic E-state index is 0.422. The fourth-order valence-corrected chi connectivity index (χ4v) is 3.97. The van der Waals surface area contributed by atoms with Crippen molar-refractivity contribution in [2.24, 2.45) is 5.92 Å². The molecule has 3 unspecified atom stereocenters. The van der Waals surface area contributed by atoms with Gasteiger partial charge in [-0.15, -0.1) is 0 Å². The van der Waals surface area contributed by atoms with Gasteiger partial charge in [0.05, 0.1) is 22.4 Å². The van der Waals surface area contributed by atoms with Crippen molar-refractivity contribution < 1.29 is 0 Å². The van der Waals surface area contributed by atoms with Gasteiger partial charge in [-0.05, 0) is 38.4 Å². The van der Waals surface area contributed by atoms with Crippen LogP contribution < -0.4 is 10.2 Å². The lowest BCUT2D eigenvalue weighted by atomic mass is 9.86. The molecule has 3 atom stereocenters. The van der Waals surface area contributed by atoms with Crippen LogP contribution in [-0.4, -0.2) is 34.4 Å². The monoisotopic (exact) mass is 310 g/mol. The number of piperidine rings is 1. The Morgan fingerprint density at radius 3 is 2.90 bits per heavy atom. The minimum Gasteiger partial charge on any atom is -0.365 e. The molecule has 1 N–H and O–H groups in total. The topological polar surface area (TPSA) is 41.0 Å². The second-order valence-corrected chi connectivity index (χ2v) is 6.44. The van der Waals surface area contributed by atoms with Gasteiger partial charge in [0, 0.05) is 18.6 Å². The Morgan fingerprint density at radius 1 is 1.35 bits per heavy atom. The van der Waals surface area contributed by atoms with Gasteiger partial charge in [0.25, 0.3) is 0 Å². The Morgan fingerprint density at radius 2 is 2.15 bits per heavy atom. The van der Waals surface area contributed by atoms with Gasteiger partial charge in [0.1, 0.15) is 11.0 Å². The summed E-state index contributed by atoms with van der Waals surface area (Å²) in [5, 5.41) is 4.19. The van der Waals surface area contributed by atoms with Crippen LogP contribution in [0, 0.1) is 5.92 Å². The average Bonchev–Trinajstić information content (AvgIpc) is 2.91. The molecule has 108 valence electrons. The smallest absolute Gasteiger partial charge is 0.129 e. The summed E-state index contributed by atoms with van der Waals surface area (Å²) in [6, 6.07) is 4.86. The van der Waals surface area contributed by atoms with E-state index in [-0.39, 0.29) is 0 Å². The molecule has 1 aromatic carbocycles. The molecule has 3 rings (SSSR count). The van der Waals surface area contributed by atoms with Gasteiger partial charge in [-0.2, -0.15) is 8.75 Å². The molecule has 2 heterocycles. The van der Waals surface area contributed by atoms with Crippen molar-refractivity contribution in [3.8, 4) is 0 Å². The van der Waals surface area contributed by atoms with E-state index in [1.165, 1.54) is 11.7 Å². The van der Waals surface area contributed by atoms with Crippen molar-refractivity contribution in [1.29, 1.82) is 0 Å². The summed E-state index contributed by atoms with van der Waals surface area (Å²) in [6.45, 7) is 5.56. The van der Waals surface area contributed by atoms with Crippen LogP contribution >= 0.6 is 23.3 Å². The number of benzene rings is 1. The zero-order valence-electron chi connectivity index (χ0n) is 11.9. The Kier molecular flexibility index (Phi) is 3.84. The molecule has 0 amide bonds. The van der Waals surface area contributed by atoms with E-state index < -0.39 is 0 Å². The third-order valence-corrected chi connectivity index (χ3v) is 5.43. The summed E-state index contributed by atoms with van der Waals surface area (Å²) in [5.41, 5.74) is 2.92. The predicted octanol–water partition coefficient (Wildman–Crippen LogP) is 3.17. The molecule has 1 aliphatic heterocycles. The maximum atomic E-state index is 6.46. The fourth-order valence-electron chi connectivity index (χ4n) is 3.17. The molecule has 0 bridgehead atoms. The third-order valence-electron chi connectivity index (χ3n) is 4.58. The van der Waals surface area contributed by atoms with E-state index in [0.29, 0.717) is 18.0 Å². The molecule has 1 fully saturated rings. The Labute approximate surface area is 128 Å². The van der Waals surface area contributed by atoms with Crippen LogP contribution in [-0.2, 0) is 0 Å². The summed E-state index contributed by atoms with van der Waals surface area (Å²) in [7, 11) is 2.04. The number of anilines is 1. The molecule has 1 aliphatic rings. The lowest BCUT2D eigenvalue weighted by Gasteiger charge is -2.44. The van der Waals surface area contributed by atoms with Crippen LogP contribution in [0.15, 0.2) is 12.1 Å². The van der Waals surface area contributed by atoms with Crippen molar-refractivity contribution in [3.05, 3.63) is 17.2 Å². The van der Waals surface area contributed by atoms with Gasteiger partial charge in [-0.1, -0.05) is 18.5 Å². The van der Waals surface area contributed by atoms with Crippen molar-refractivity contribution in [3.63, 3.8) is 0 Å². The molecule has 0 spiro atoms. The van der Waals surface area contributed by atoms with Crippen LogP contribution in [0.4, 0.5) is 5.69 Å². The van der Waals surface area contributed by atoms with Crippen LogP contribution in [0.2, 0.25) is 5.02 Å². The number of nitrogens with one attached hydrogen (secondary N) is 1. The van der Waals surface area contributed by atoms with Gasteiger partial charge in [-0.25, -0.2) is 0 Å². The largest absolute Gasteiger partial charge is 0.365 e.